The number of carbonyl (C=O) groups excluding carboxylic acids is 1. The lowest BCUT2D eigenvalue weighted by Gasteiger charge is -2.28. The predicted octanol–water partition coefficient (Wildman–Crippen LogP) is 2.29. The largest absolute Gasteiger partial charge is 0.465 e. The van der Waals surface area contributed by atoms with Gasteiger partial charge < -0.3 is 15.4 Å². The van der Waals surface area contributed by atoms with Crippen molar-refractivity contribution in [3.8, 4) is 0 Å². The quantitative estimate of drug-likeness (QED) is 0.643. The van der Waals surface area contributed by atoms with E-state index in [-0.39, 0.29) is 5.97 Å². The van der Waals surface area contributed by atoms with Crippen LogP contribution in [0.4, 0.5) is 11.4 Å². The summed E-state index contributed by atoms with van der Waals surface area (Å²) in [6, 6.07) is 5.59. The van der Waals surface area contributed by atoms with Gasteiger partial charge in [0.15, 0.2) is 0 Å². The van der Waals surface area contributed by atoms with Crippen LogP contribution >= 0.6 is 0 Å². The molecule has 0 saturated heterocycles. The number of nitrogens with two attached hydrogens (primary N) is 1. The normalized spacial score (nSPS) is 12.0. The summed E-state index contributed by atoms with van der Waals surface area (Å²) in [6.45, 7) is 4.19. The Morgan fingerprint density at radius 3 is 2.71 bits per heavy atom. The van der Waals surface area contributed by atoms with Crippen LogP contribution < -0.4 is 10.6 Å². The van der Waals surface area contributed by atoms with Gasteiger partial charge in [0, 0.05) is 13.1 Å². The summed E-state index contributed by atoms with van der Waals surface area (Å²) in [6.07, 6.45) is 0.978. The SMILES string of the molecule is CCC(C)N(C)c1c(N)cccc1C(=O)OC. The molecule has 1 rings (SSSR count). The van der Waals surface area contributed by atoms with Gasteiger partial charge in [0.1, 0.15) is 0 Å². The number of para-hydroxylation sites is 1. The first-order chi connectivity index (χ1) is 8.02. The van der Waals surface area contributed by atoms with Crippen LogP contribution in [0.5, 0.6) is 0 Å². The van der Waals surface area contributed by atoms with Crippen LogP contribution in [0.15, 0.2) is 18.2 Å². The van der Waals surface area contributed by atoms with Crippen LogP contribution in [-0.4, -0.2) is 26.2 Å². The summed E-state index contributed by atoms with van der Waals surface area (Å²) in [5, 5.41) is 0. The van der Waals surface area contributed by atoms with E-state index >= 15 is 0 Å². The van der Waals surface area contributed by atoms with Gasteiger partial charge in [0.25, 0.3) is 0 Å². The predicted molar refractivity (Wildman–Crippen MR) is 70.3 cm³/mol. The summed E-state index contributed by atoms with van der Waals surface area (Å²) >= 11 is 0. The molecule has 4 nitrogen and oxygen atoms in total. The van der Waals surface area contributed by atoms with Gasteiger partial charge in [-0.2, -0.15) is 0 Å². The average Bonchev–Trinajstić information content (AvgIpc) is 2.35. The van der Waals surface area contributed by atoms with Crippen molar-refractivity contribution < 1.29 is 9.53 Å². The highest BCUT2D eigenvalue weighted by Crippen LogP contribution is 2.29. The molecular weight excluding hydrogens is 216 g/mol. The van der Waals surface area contributed by atoms with Gasteiger partial charge in [-0.25, -0.2) is 4.79 Å². The molecule has 1 atom stereocenters. The monoisotopic (exact) mass is 236 g/mol. The molecule has 1 unspecified atom stereocenters. The van der Waals surface area contributed by atoms with Crippen molar-refractivity contribution in [3.05, 3.63) is 23.8 Å². The molecule has 0 spiro atoms. The average molecular weight is 236 g/mol. The van der Waals surface area contributed by atoms with E-state index in [9.17, 15) is 4.79 Å². The Labute approximate surface area is 102 Å². The molecule has 0 aliphatic rings. The van der Waals surface area contributed by atoms with Gasteiger partial charge in [-0.1, -0.05) is 13.0 Å². The van der Waals surface area contributed by atoms with E-state index in [0.29, 0.717) is 17.3 Å². The zero-order chi connectivity index (χ0) is 13.0. The number of carbonyl (C=O) groups is 1. The number of esters is 1. The van der Waals surface area contributed by atoms with Crippen LogP contribution in [0, 0.1) is 0 Å². The number of benzene rings is 1. The lowest BCUT2D eigenvalue weighted by molar-refractivity contribution is 0.0601. The summed E-state index contributed by atoms with van der Waals surface area (Å²) in [5.74, 6) is -0.359. The molecule has 94 valence electrons. The molecule has 17 heavy (non-hydrogen) atoms. The Hall–Kier alpha value is -1.71. The van der Waals surface area contributed by atoms with E-state index in [4.69, 9.17) is 10.5 Å². The first-order valence-electron chi connectivity index (χ1n) is 5.72. The maximum atomic E-state index is 11.7. The smallest absolute Gasteiger partial charge is 0.340 e. The highest BCUT2D eigenvalue weighted by molar-refractivity contribution is 5.99. The molecule has 0 amide bonds. The van der Waals surface area contributed by atoms with Crippen molar-refractivity contribution >= 4 is 17.3 Å². The summed E-state index contributed by atoms with van der Waals surface area (Å²) in [4.78, 5) is 13.7. The molecule has 0 saturated carbocycles. The van der Waals surface area contributed by atoms with Crippen LogP contribution in [0.2, 0.25) is 0 Å². The van der Waals surface area contributed by atoms with Crippen molar-refractivity contribution in [2.24, 2.45) is 0 Å². The van der Waals surface area contributed by atoms with Gasteiger partial charge in [0.2, 0.25) is 0 Å². The third kappa shape index (κ3) is 2.70. The fourth-order valence-corrected chi connectivity index (χ4v) is 1.72. The molecule has 0 aromatic heterocycles. The van der Waals surface area contributed by atoms with Crippen LogP contribution in [-0.2, 0) is 4.74 Å². The van der Waals surface area contributed by atoms with E-state index in [1.165, 1.54) is 7.11 Å². The fraction of sp³-hybridized carbons (Fsp3) is 0.462. The highest BCUT2D eigenvalue weighted by atomic mass is 16.5. The van der Waals surface area contributed by atoms with E-state index in [1.54, 1.807) is 18.2 Å². The highest BCUT2D eigenvalue weighted by Gasteiger charge is 2.19. The minimum absolute atomic E-state index is 0.308. The van der Waals surface area contributed by atoms with Gasteiger partial charge in [-0.05, 0) is 25.5 Å². The Kier molecular flexibility index (Phi) is 4.37. The van der Waals surface area contributed by atoms with Crippen LogP contribution in [0.1, 0.15) is 30.6 Å². The van der Waals surface area contributed by atoms with Crippen molar-refractivity contribution in [2.75, 3.05) is 24.8 Å². The molecule has 0 aliphatic carbocycles. The number of anilines is 2. The Morgan fingerprint density at radius 2 is 2.18 bits per heavy atom. The number of nitrogens with zero attached hydrogens (tertiary/aromatic N) is 1. The van der Waals surface area contributed by atoms with Crippen LogP contribution in [0.25, 0.3) is 0 Å². The van der Waals surface area contributed by atoms with Crippen LogP contribution in [0.3, 0.4) is 0 Å². The van der Waals surface area contributed by atoms with Crippen molar-refractivity contribution in [1.82, 2.24) is 0 Å². The molecule has 0 radical (unpaired) electrons. The molecule has 0 fully saturated rings. The zero-order valence-electron chi connectivity index (χ0n) is 10.9. The number of methoxy groups -OCH3 is 1. The lowest BCUT2D eigenvalue weighted by Crippen LogP contribution is -2.30. The Balaban J connectivity index is 3.25. The Morgan fingerprint density at radius 1 is 1.53 bits per heavy atom. The second-order valence-electron chi connectivity index (χ2n) is 4.10. The molecule has 0 aliphatic heterocycles. The fourth-order valence-electron chi connectivity index (χ4n) is 1.72. The molecule has 0 heterocycles. The lowest BCUT2D eigenvalue weighted by atomic mass is 10.1. The van der Waals surface area contributed by atoms with Gasteiger partial charge in [0.05, 0.1) is 24.0 Å². The third-order valence-electron chi connectivity index (χ3n) is 3.08. The molecular formula is C13H20N2O2. The number of hydrogen-bond donors (Lipinski definition) is 1. The number of nitrogen functional groups attached to an aromatic ring is 1. The minimum Gasteiger partial charge on any atom is -0.465 e. The van der Waals surface area contributed by atoms with Gasteiger partial charge in [-0.3, -0.25) is 0 Å². The van der Waals surface area contributed by atoms with Gasteiger partial charge >= 0.3 is 5.97 Å². The molecule has 2 N–H and O–H groups in total. The molecule has 1 aromatic carbocycles. The van der Waals surface area contributed by atoms with Crippen molar-refractivity contribution in [3.63, 3.8) is 0 Å². The first-order valence-corrected chi connectivity index (χ1v) is 5.72. The minimum atomic E-state index is -0.359. The third-order valence-corrected chi connectivity index (χ3v) is 3.08. The van der Waals surface area contributed by atoms with E-state index < -0.39 is 0 Å². The molecule has 0 bridgehead atoms. The second kappa shape index (κ2) is 5.57. The maximum absolute atomic E-state index is 11.7. The van der Waals surface area contributed by atoms with E-state index in [1.807, 2.05) is 11.9 Å². The topological polar surface area (TPSA) is 55.6 Å². The standard InChI is InChI=1S/C13H20N2O2/c1-5-9(2)15(3)12-10(13(16)17-4)7-6-8-11(12)14/h6-9H,5,14H2,1-4H3. The van der Waals surface area contributed by atoms with E-state index in [2.05, 4.69) is 13.8 Å². The number of hydrogen-bond acceptors (Lipinski definition) is 4. The second-order valence-corrected chi connectivity index (χ2v) is 4.10. The summed E-state index contributed by atoms with van der Waals surface area (Å²) in [5.41, 5.74) is 7.80. The zero-order valence-corrected chi connectivity index (χ0v) is 10.9. The number of rotatable bonds is 4. The molecule has 1 aromatic rings. The molecule has 4 heteroatoms. The first kappa shape index (κ1) is 13.4. The van der Waals surface area contributed by atoms with Crippen molar-refractivity contribution in [2.45, 2.75) is 26.3 Å². The summed E-state index contributed by atoms with van der Waals surface area (Å²) in [7, 11) is 3.31. The van der Waals surface area contributed by atoms with Crippen molar-refractivity contribution in [1.29, 1.82) is 0 Å². The Bertz CT molecular complexity index is 404. The van der Waals surface area contributed by atoms with E-state index in [0.717, 1.165) is 12.1 Å². The maximum Gasteiger partial charge on any atom is 0.340 e. The number of ether oxygens (including phenoxy) is 1. The van der Waals surface area contributed by atoms with Gasteiger partial charge in [-0.15, -0.1) is 0 Å². The summed E-state index contributed by atoms with van der Waals surface area (Å²) < 4.78 is 4.77.